The van der Waals surface area contributed by atoms with Crippen molar-refractivity contribution in [1.29, 1.82) is 0 Å². The van der Waals surface area contributed by atoms with E-state index in [1.165, 1.54) is 11.1 Å². The number of anilines is 1. The largest absolute Gasteiger partial charge is 0.328 e. The van der Waals surface area contributed by atoms with E-state index in [2.05, 4.69) is 44.3 Å². The van der Waals surface area contributed by atoms with Gasteiger partial charge in [-0.25, -0.2) is 4.68 Å². The summed E-state index contributed by atoms with van der Waals surface area (Å²) in [6, 6.07) is 15.6. The van der Waals surface area contributed by atoms with Gasteiger partial charge in [0.05, 0.1) is 0 Å². The number of fused-ring (bicyclic) bond motifs is 1. The summed E-state index contributed by atoms with van der Waals surface area (Å²) in [5.74, 6) is 1.59. The van der Waals surface area contributed by atoms with Gasteiger partial charge in [0.25, 0.3) is 0 Å². The lowest BCUT2D eigenvalue weighted by Crippen LogP contribution is -2.36. The average molecular weight is 465 g/mol. The van der Waals surface area contributed by atoms with Gasteiger partial charge in [-0.2, -0.15) is 4.98 Å². The summed E-state index contributed by atoms with van der Waals surface area (Å²) in [4.78, 5) is 18.1. The summed E-state index contributed by atoms with van der Waals surface area (Å²) < 4.78 is 1.83. The summed E-state index contributed by atoms with van der Waals surface area (Å²) in [6.07, 6.45) is 1.29. The van der Waals surface area contributed by atoms with E-state index < -0.39 is 0 Å². The predicted octanol–water partition coefficient (Wildman–Crippen LogP) is 6.19. The van der Waals surface area contributed by atoms with Gasteiger partial charge in [-0.05, 0) is 36.0 Å². The van der Waals surface area contributed by atoms with E-state index in [9.17, 15) is 4.79 Å². The minimum atomic E-state index is -0.376. The zero-order valence-electron chi connectivity index (χ0n) is 18.4. The number of rotatable bonds is 4. The molecule has 1 aromatic heterocycles. The van der Waals surface area contributed by atoms with Crippen LogP contribution in [-0.2, 0) is 10.5 Å². The number of Topliss-reactive ketones (excluding diaryl/α,β-unsaturated/α-hetero) is 1. The van der Waals surface area contributed by atoms with Crippen LogP contribution >= 0.6 is 23.4 Å². The molecule has 2 aromatic carbocycles. The summed E-state index contributed by atoms with van der Waals surface area (Å²) >= 11 is 8.20. The summed E-state index contributed by atoms with van der Waals surface area (Å²) in [7, 11) is 0. The van der Waals surface area contributed by atoms with Crippen LogP contribution in [0.5, 0.6) is 0 Å². The number of nitrogens with one attached hydrogen (secondary N) is 1. The summed E-state index contributed by atoms with van der Waals surface area (Å²) in [6.45, 7) is 6.37. The molecule has 32 heavy (non-hydrogen) atoms. The number of thioether (sulfide) groups is 1. The van der Waals surface area contributed by atoms with Crippen molar-refractivity contribution < 1.29 is 4.79 Å². The second-order valence-electron chi connectivity index (χ2n) is 9.26. The second-order valence-corrected chi connectivity index (χ2v) is 10.6. The lowest BCUT2D eigenvalue weighted by molar-refractivity contribution is -0.118. The van der Waals surface area contributed by atoms with Crippen molar-refractivity contribution in [3.05, 3.63) is 81.5 Å². The fraction of sp³-hybridized carbons (Fsp3) is 0.320. The Morgan fingerprint density at radius 3 is 2.69 bits per heavy atom. The Kier molecular flexibility index (Phi) is 5.38. The van der Waals surface area contributed by atoms with Gasteiger partial charge in [0.2, 0.25) is 11.1 Å². The van der Waals surface area contributed by atoms with Crippen LogP contribution in [0.3, 0.4) is 0 Å². The molecule has 0 radical (unpaired) electrons. The van der Waals surface area contributed by atoms with Crippen molar-refractivity contribution in [2.45, 2.75) is 50.6 Å². The molecule has 164 valence electrons. The molecule has 5 nitrogen and oxygen atoms in total. The van der Waals surface area contributed by atoms with Crippen LogP contribution in [0.4, 0.5) is 5.95 Å². The van der Waals surface area contributed by atoms with Gasteiger partial charge in [0.1, 0.15) is 6.04 Å². The molecule has 0 unspecified atom stereocenters. The summed E-state index contributed by atoms with van der Waals surface area (Å²) in [5.41, 5.74) is 4.98. The highest BCUT2D eigenvalue weighted by Crippen LogP contribution is 2.46. The Morgan fingerprint density at radius 2 is 1.91 bits per heavy atom. The number of hydrogen-bond acceptors (Lipinski definition) is 5. The molecule has 0 spiro atoms. The minimum absolute atomic E-state index is 0.0987. The van der Waals surface area contributed by atoms with Gasteiger partial charge in [-0.1, -0.05) is 79.7 Å². The average Bonchev–Trinajstić information content (AvgIpc) is 3.14. The van der Waals surface area contributed by atoms with Crippen molar-refractivity contribution >= 4 is 35.1 Å². The van der Waals surface area contributed by atoms with Crippen LogP contribution in [0.1, 0.15) is 49.4 Å². The third-order valence-electron chi connectivity index (χ3n) is 6.13. The van der Waals surface area contributed by atoms with Gasteiger partial charge in [0, 0.05) is 34.0 Å². The Labute approximate surface area is 197 Å². The first kappa shape index (κ1) is 21.3. The third kappa shape index (κ3) is 3.86. The topological polar surface area (TPSA) is 59.8 Å². The fourth-order valence-corrected chi connectivity index (χ4v) is 5.69. The molecule has 1 aliphatic heterocycles. The Balaban J connectivity index is 1.55. The van der Waals surface area contributed by atoms with Crippen molar-refractivity contribution in [3.63, 3.8) is 0 Å². The zero-order valence-corrected chi connectivity index (χ0v) is 19.9. The molecular weight excluding hydrogens is 440 g/mol. The molecule has 5 rings (SSSR count). The minimum Gasteiger partial charge on any atom is -0.328 e. The first-order chi connectivity index (χ1) is 15.3. The van der Waals surface area contributed by atoms with Gasteiger partial charge >= 0.3 is 0 Å². The van der Waals surface area contributed by atoms with Gasteiger partial charge in [-0.3, -0.25) is 4.79 Å². The van der Waals surface area contributed by atoms with E-state index >= 15 is 0 Å². The Hall–Kier alpha value is -2.57. The van der Waals surface area contributed by atoms with E-state index in [1.54, 1.807) is 11.8 Å². The number of halogens is 1. The van der Waals surface area contributed by atoms with E-state index in [0.717, 1.165) is 29.0 Å². The van der Waals surface area contributed by atoms with Gasteiger partial charge < -0.3 is 5.32 Å². The number of benzene rings is 2. The normalized spacial score (nSPS) is 19.4. The van der Waals surface area contributed by atoms with E-state index in [1.807, 2.05) is 35.0 Å². The standard InChI is InChI=1S/C25H25ClN4OS/c1-15-8-4-5-9-16(15)14-32-24-28-23-27-19-12-25(2,3)13-20(31)21(19)22(30(23)29-24)17-10-6-7-11-18(17)26/h4-11,22H,12-14H2,1-3H3,(H,27,28,29)/t22-/m0/s1. The van der Waals surface area contributed by atoms with Crippen molar-refractivity contribution in [2.24, 2.45) is 5.41 Å². The van der Waals surface area contributed by atoms with Gasteiger partial charge in [-0.15, -0.1) is 5.10 Å². The fourth-order valence-electron chi connectivity index (χ4n) is 4.55. The van der Waals surface area contributed by atoms with Crippen LogP contribution in [0, 0.1) is 12.3 Å². The van der Waals surface area contributed by atoms with E-state index in [0.29, 0.717) is 22.5 Å². The molecule has 3 aromatic rings. The lowest BCUT2D eigenvalue weighted by Gasteiger charge is -2.38. The van der Waals surface area contributed by atoms with Crippen LogP contribution in [-0.4, -0.2) is 20.5 Å². The third-order valence-corrected chi connectivity index (χ3v) is 7.36. The molecular formula is C25H25ClN4OS. The highest BCUT2D eigenvalue weighted by molar-refractivity contribution is 7.98. The molecule has 2 heterocycles. The molecule has 0 saturated heterocycles. The van der Waals surface area contributed by atoms with E-state index in [4.69, 9.17) is 21.7 Å². The molecule has 1 aliphatic carbocycles. The number of carbonyl (C=O) groups is 1. The van der Waals surface area contributed by atoms with Crippen molar-refractivity contribution in [1.82, 2.24) is 14.8 Å². The number of ketones is 1. The number of allylic oxidation sites excluding steroid dienone is 2. The number of aryl methyl sites for hydroxylation is 1. The number of hydrogen-bond donors (Lipinski definition) is 1. The maximum Gasteiger partial charge on any atom is 0.227 e. The first-order valence-corrected chi connectivity index (χ1v) is 12.1. The van der Waals surface area contributed by atoms with Crippen LogP contribution in [0.25, 0.3) is 0 Å². The SMILES string of the molecule is Cc1ccccc1CSc1nc2n(n1)[C@@H](c1ccccc1Cl)C1=C(CC(C)(C)CC1=O)N2. The quantitative estimate of drug-likeness (QED) is 0.466. The monoisotopic (exact) mass is 464 g/mol. The maximum absolute atomic E-state index is 13.3. The van der Waals surface area contributed by atoms with Crippen molar-refractivity contribution in [2.75, 3.05) is 5.32 Å². The molecule has 0 fully saturated rings. The molecule has 2 aliphatic rings. The predicted molar refractivity (Wildman–Crippen MR) is 129 cm³/mol. The Morgan fingerprint density at radius 1 is 1.16 bits per heavy atom. The molecule has 1 N–H and O–H groups in total. The van der Waals surface area contributed by atoms with Crippen LogP contribution in [0.15, 0.2) is 65.0 Å². The van der Waals surface area contributed by atoms with Gasteiger partial charge in [0.15, 0.2) is 5.78 Å². The maximum atomic E-state index is 13.3. The Bertz CT molecular complexity index is 1250. The smallest absolute Gasteiger partial charge is 0.227 e. The second kappa shape index (κ2) is 8.09. The first-order valence-electron chi connectivity index (χ1n) is 10.7. The van der Waals surface area contributed by atoms with E-state index in [-0.39, 0.29) is 17.2 Å². The highest BCUT2D eigenvalue weighted by Gasteiger charge is 2.42. The highest BCUT2D eigenvalue weighted by atomic mass is 35.5. The van der Waals surface area contributed by atoms with Crippen LogP contribution in [0.2, 0.25) is 5.02 Å². The number of nitrogens with zero attached hydrogens (tertiary/aromatic N) is 3. The molecule has 0 amide bonds. The van der Waals surface area contributed by atoms with Crippen LogP contribution < -0.4 is 5.32 Å². The molecule has 7 heteroatoms. The number of aromatic nitrogens is 3. The summed E-state index contributed by atoms with van der Waals surface area (Å²) in [5, 5.41) is 9.55. The van der Waals surface area contributed by atoms with Crippen molar-refractivity contribution in [3.8, 4) is 0 Å². The molecule has 1 atom stereocenters. The zero-order chi connectivity index (χ0) is 22.5. The molecule has 0 bridgehead atoms. The molecule has 0 saturated carbocycles. The number of carbonyl (C=O) groups excluding carboxylic acids is 1. The lowest BCUT2D eigenvalue weighted by atomic mass is 9.73.